The molecule has 0 fully saturated rings. The summed E-state index contributed by atoms with van der Waals surface area (Å²) in [6.45, 7) is 3.12. The molecule has 0 aromatic rings. The van der Waals surface area contributed by atoms with Crippen LogP contribution in [0.2, 0.25) is 0 Å². The first-order chi connectivity index (χ1) is 5.38. The molecular weight excluding hydrogens is 238 g/mol. The summed E-state index contributed by atoms with van der Waals surface area (Å²) in [4.78, 5) is 16.5. The molecule has 0 aromatic heterocycles. The molecule has 0 N–H and O–H groups in total. The van der Waals surface area contributed by atoms with Crippen molar-refractivity contribution >= 4 is 0 Å². The van der Waals surface area contributed by atoms with Crippen LogP contribution in [0.4, 0.5) is 0 Å². The van der Waals surface area contributed by atoms with Crippen LogP contribution in [0.5, 0.6) is 0 Å². The molecule has 0 spiro atoms. The van der Waals surface area contributed by atoms with Crippen molar-refractivity contribution in [2.24, 2.45) is 0 Å². The standard InChI is InChI=1S/C3H3N.Cu.2NO3/c1-2-3-4;;2*2-1(3)4/h2H,1H2;;;/q;+2;2*-1. The van der Waals surface area contributed by atoms with Crippen LogP contribution in [0.3, 0.4) is 0 Å². The maximum absolute atomic E-state index is 8.25. The Morgan fingerprint density at radius 1 is 1.15 bits per heavy atom. The van der Waals surface area contributed by atoms with Gasteiger partial charge in [0, 0.05) is 6.08 Å². The van der Waals surface area contributed by atoms with Crippen molar-refractivity contribution in [1.82, 2.24) is 0 Å². The molecule has 0 unspecified atom stereocenters. The van der Waals surface area contributed by atoms with Crippen molar-refractivity contribution in [3.8, 4) is 6.07 Å². The van der Waals surface area contributed by atoms with Gasteiger partial charge in [0.05, 0.1) is 16.2 Å². The molecule has 0 heterocycles. The summed E-state index contributed by atoms with van der Waals surface area (Å²) >= 11 is 0. The van der Waals surface area contributed by atoms with E-state index in [1.54, 1.807) is 6.07 Å². The SMILES string of the molecule is C=CC#N.O=[N+]([O-])[O-].O=[N+]([O-])[O-].[Cu+2]. The smallest absolute Gasteiger partial charge is 0.356 e. The molecule has 0 bridgehead atoms. The molecule has 0 aliphatic carbocycles. The zero-order valence-corrected chi connectivity index (χ0v) is 6.82. The number of rotatable bonds is 0. The molecule has 0 atom stereocenters. The molecule has 0 saturated carbocycles. The molecule has 0 aromatic carbocycles. The molecule has 13 heavy (non-hydrogen) atoms. The quantitative estimate of drug-likeness (QED) is 0.253. The summed E-state index contributed by atoms with van der Waals surface area (Å²) < 4.78 is 0. The second kappa shape index (κ2) is 22.5. The summed E-state index contributed by atoms with van der Waals surface area (Å²) in [5.41, 5.74) is 0. The third-order valence-corrected chi connectivity index (χ3v) is 0.0913. The predicted molar refractivity (Wildman–Crippen MR) is 36.5 cm³/mol. The van der Waals surface area contributed by atoms with Crippen LogP contribution < -0.4 is 0 Å². The fourth-order valence-corrected chi connectivity index (χ4v) is 0. The number of nitrogens with zero attached hydrogens (tertiary/aromatic N) is 3. The first-order valence-corrected chi connectivity index (χ1v) is 2.02. The van der Waals surface area contributed by atoms with Gasteiger partial charge >= 0.3 is 17.1 Å². The third-order valence-electron chi connectivity index (χ3n) is 0.0913. The van der Waals surface area contributed by atoms with Crippen LogP contribution in [-0.4, -0.2) is 10.2 Å². The Labute approximate surface area is 82.6 Å². The minimum absolute atomic E-state index is 0. The van der Waals surface area contributed by atoms with Crippen LogP contribution in [-0.2, 0) is 17.1 Å². The van der Waals surface area contributed by atoms with Crippen LogP contribution in [0.25, 0.3) is 0 Å². The first-order valence-electron chi connectivity index (χ1n) is 2.02. The van der Waals surface area contributed by atoms with Gasteiger partial charge in [0.2, 0.25) is 0 Å². The molecule has 77 valence electrons. The van der Waals surface area contributed by atoms with Crippen molar-refractivity contribution < 1.29 is 27.2 Å². The molecule has 0 aliphatic heterocycles. The van der Waals surface area contributed by atoms with Crippen LogP contribution in [0.1, 0.15) is 0 Å². The van der Waals surface area contributed by atoms with Gasteiger partial charge < -0.3 is 30.6 Å². The molecule has 9 nitrogen and oxygen atoms in total. The van der Waals surface area contributed by atoms with Gasteiger partial charge in [-0.3, -0.25) is 0 Å². The third kappa shape index (κ3) is 932. The fourth-order valence-electron chi connectivity index (χ4n) is 0. The van der Waals surface area contributed by atoms with Crippen molar-refractivity contribution in [3.05, 3.63) is 43.3 Å². The zero-order chi connectivity index (χ0) is 10.6. The van der Waals surface area contributed by atoms with Gasteiger partial charge in [0.1, 0.15) is 0 Å². The van der Waals surface area contributed by atoms with E-state index in [0.717, 1.165) is 0 Å². The van der Waals surface area contributed by atoms with Crippen molar-refractivity contribution in [2.45, 2.75) is 0 Å². The monoisotopic (exact) mass is 240 g/mol. The molecule has 0 saturated heterocycles. The van der Waals surface area contributed by atoms with Gasteiger partial charge in [-0.2, -0.15) is 5.26 Å². The number of nitriles is 1. The molecule has 0 aliphatic rings. The minimum Gasteiger partial charge on any atom is -0.356 e. The Bertz CT molecular complexity index is 168. The summed E-state index contributed by atoms with van der Waals surface area (Å²) in [6.07, 6.45) is 1.18. The number of hydrogen-bond acceptors (Lipinski definition) is 7. The molecule has 0 amide bonds. The van der Waals surface area contributed by atoms with Gasteiger partial charge in [-0.25, -0.2) is 0 Å². The Balaban J connectivity index is -0.0000000450. The summed E-state index contributed by atoms with van der Waals surface area (Å²) in [5, 5.41) is 37.0. The second-order valence-corrected chi connectivity index (χ2v) is 0.780. The Morgan fingerprint density at radius 3 is 1.23 bits per heavy atom. The number of allylic oxidation sites excluding steroid dienone is 1. The maximum atomic E-state index is 8.25. The molecular formula is C3H3CuN3O6. The van der Waals surface area contributed by atoms with E-state index in [4.69, 9.17) is 35.9 Å². The van der Waals surface area contributed by atoms with Crippen LogP contribution in [0, 0.1) is 42.0 Å². The van der Waals surface area contributed by atoms with E-state index in [1.807, 2.05) is 0 Å². The largest absolute Gasteiger partial charge is 2.00 e. The topological polar surface area (TPSA) is 156 Å². The van der Waals surface area contributed by atoms with E-state index < -0.39 is 10.2 Å². The van der Waals surface area contributed by atoms with Gasteiger partial charge in [-0.1, -0.05) is 6.58 Å². The minimum atomic E-state index is -1.75. The van der Waals surface area contributed by atoms with E-state index >= 15 is 0 Å². The molecule has 1 radical (unpaired) electrons. The maximum Gasteiger partial charge on any atom is 2.00 e. The fraction of sp³-hybridized carbons (Fsp3) is 0. The van der Waals surface area contributed by atoms with Crippen LogP contribution in [0.15, 0.2) is 12.7 Å². The van der Waals surface area contributed by atoms with Crippen molar-refractivity contribution in [1.29, 1.82) is 5.26 Å². The summed E-state index contributed by atoms with van der Waals surface area (Å²) in [6, 6.07) is 1.69. The Morgan fingerprint density at radius 2 is 1.23 bits per heavy atom. The molecule has 0 rings (SSSR count). The van der Waals surface area contributed by atoms with E-state index in [-0.39, 0.29) is 17.1 Å². The van der Waals surface area contributed by atoms with Crippen molar-refractivity contribution in [3.63, 3.8) is 0 Å². The van der Waals surface area contributed by atoms with E-state index in [0.29, 0.717) is 0 Å². The van der Waals surface area contributed by atoms with Gasteiger partial charge in [-0.05, 0) is 0 Å². The normalized spacial score (nSPS) is 4.85. The summed E-state index contributed by atoms with van der Waals surface area (Å²) in [5.74, 6) is 0. The van der Waals surface area contributed by atoms with E-state index in [2.05, 4.69) is 6.58 Å². The van der Waals surface area contributed by atoms with Gasteiger partial charge in [0.25, 0.3) is 0 Å². The van der Waals surface area contributed by atoms with Crippen molar-refractivity contribution in [2.75, 3.05) is 0 Å². The average Bonchev–Trinajstić information content (AvgIpc) is 1.85. The predicted octanol–water partition coefficient (Wildman–Crippen LogP) is 0.215. The van der Waals surface area contributed by atoms with E-state index in [1.165, 1.54) is 6.08 Å². The summed E-state index contributed by atoms with van der Waals surface area (Å²) in [7, 11) is 0. The van der Waals surface area contributed by atoms with Crippen LogP contribution >= 0.6 is 0 Å². The average molecular weight is 241 g/mol. The first kappa shape index (κ1) is 22.5. The van der Waals surface area contributed by atoms with Gasteiger partial charge in [0.15, 0.2) is 0 Å². The number of hydrogen-bond donors (Lipinski definition) is 0. The Kier molecular flexibility index (Phi) is 38.8. The molecule has 10 heteroatoms. The van der Waals surface area contributed by atoms with E-state index in [9.17, 15) is 0 Å². The Hall–Kier alpha value is -1.85. The second-order valence-electron chi connectivity index (χ2n) is 0.780. The zero-order valence-electron chi connectivity index (χ0n) is 5.88. The van der Waals surface area contributed by atoms with Gasteiger partial charge in [-0.15, -0.1) is 0 Å².